The monoisotopic (exact) mass is 412 g/mol. The van der Waals surface area contributed by atoms with E-state index in [0.717, 1.165) is 27.4 Å². The molecule has 7 heteroatoms. The molecule has 0 aliphatic carbocycles. The average Bonchev–Trinajstić information content (AvgIpc) is 3.20. The van der Waals surface area contributed by atoms with Gasteiger partial charge in [-0.1, -0.05) is 30.3 Å². The highest BCUT2D eigenvalue weighted by Gasteiger charge is 2.32. The minimum absolute atomic E-state index is 0.229. The van der Waals surface area contributed by atoms with E-state index in [0.29, 0.717) is 0 Å². The second-order valence-corrected chi connectivity index (χ2v) is 9.06. The van der Waals surface area contributed by atoms with Crippen LogP contribution in [0, 0.1) is 0 Å². The molecule has 1 atom stereocenters. The number of hydrogen-bond acceptors (Lipinski definition) is 6. The second kappa shape index (κ2) is 7.16. The fourth-order valence-electron chi connectivity index (χ4n) is 3.59. The third-order valence-electron chi connectivity index (χ3n) is 4.82. The fraction of sp³-hybridized carbons (Fsp3) is 0.190. The number of benzene rings is 2. The molecule has 1 aliphatic rings. The van der Waals surface area contributed by atoms with Crippen molar-refractivity contribution < 1.29 is 13.5 Å². The lowest BCUT2D eigenvalue weighted by Gasteiger charge is -2.36. The van der Waals surface area contributed by atoms with Crippen LogP contribution in [0.25, 0.3) is 6.08 Å². The van der Waals surface area contributed by atoms with Gasteiger partial charge in [-0.25, -0.2) is 13.4 Å². The molecular weight excluding hydrogens is 392 g/mol. The maximum atomic E-state index is 11.4. The van der Waals surface area contributed by atoms with Crippen molar-refractivity contribution in [3.8, 4) is 0 Å². The number of thiazole rings is 1. The molecule has 28 heavy (non-hydrogen) atoms. The summed E-state index contributed by atoms with van der Waals surface area (Å²) in [5.74, 6) is 0. The number of aliphatic hydroxyl groups is 1. The smallest absolute Gasteiger partial charge is 0.190 e. The van der Waals surface area contributed by atoms with Crippen molar-refractivity contribution in [1.82, 2.24) is 4.98 Å². The summed E-state index contributed by atoms with van der Waals surface area (Å²) in [6, 6.07) is 12.7. The van der Waals surface area contributed by atoms with Crippen LogP contribution in [0.2, 0.25) is 0 Å². The number of nitrogens with zero attached hydrogens (tertiary/aromatic N) is 2. The first-order valence-electron chi connectivity index (χ1n) is 8.82. The van der Waals surface area contributed by atoms with Crippen molar-refractivity contribution >= 4 is 33.2 Å². The van der Waals surface area contributed by atoms with E-state index in [9.17, 15) is 13.5 Å². The summed E-state index contributed by atoms with van der Waals surface area (Å²) < 4.78 is 22.9. The van der Waals surface area contributed by atoms with Crippen LogP contribution >= 0.6 is 11.3 Å². The predicted octanol–water partition coefficient (Wildman–Crippen LogP) is 3.92. The molecule has 1 aromatic heterocycles. The second-order valence-electron chi connectivity index (χ2n) is 7.16. The molecular formula is C21H20N2O3S2. The molecule has 3 aromatic rings. The van der Waals surface area contributed by atoms with Gasteiger partial charge in [-0.3, -0.25) is 0 Å². The van der Waals surface area contributed by atoms with Gasteiger partial charge >= 0.3 is 0 Å². The zero-order chi connectivity index (χ0) is 19.9. The topological polar surface area (TPSA) is 70.5 Å². The molecule has 0 saturated heterocycles. The molecule has 2 heterocycles. The number of hydrogen-bond donors (Lipinski definition) is 2. The number of thiol groups is 1. The Morgan fingerprint density at radius 1 is 1.14 bits per heavy atom. The Morgan fingerprint density at radius 2 is 1.93 bits per heavy atom. The summed E-state index contributed by atoms with van der Waals surface area (Å²) >= 11 is 1.53. The van der Waals surface area contributed by atoms with Gasteiger partial charge in [0.2, 0.25) is 0 Å². The third kappa shape index (κ3) is 3.37. The van der Waals surface area contributed by atoms with Crippen LogP contribution in [0.4, 0.5) is 5.13 Å². The van der Waals surface area contributed by atoms with Gasteiger partial charge in [0.05, 0.1) is 16.5 Å². The molecule has 0 amide bonds. The number of aromatic nitrogens is 1. The van der Waals surface area contributed by atoms with Crippen LogP contribution in [0.15, 0.2) is 65.1 Å². The van der Waals surface area contributed by atoms with Gasteiger partial charge in [-0.05, 0) is 54.3 Å². The molecule has 1 N–H and O–H groups in total. The van der Waals surface area contributed by atoms with E-state index in [1.54, 1.807) is 32.2 Å². The Morgan fingerprint density at radius 3 is 2.61 bits per heavy atom. The first-order valence-corrected chi connectivity index (χ1v) is 10.9. The normalized spacial score (nSPS) is 16.4. The summed E-state index contributed by atoms with van der Waals surface area (Å²) in [6.45, 7) is 3.54. The van der Waals surface area contributed by atoms with Gasteiger partial charge in [0.25, 0.3) is 0 Å². The van der Waals surface area contributed by atoms with Gasteiger partial charge in [0, 0.05) is 17.8 Å². The van der Waals surface area contributed by atoms with E-state index in [1.165, 1.54) is 11.3 Å². The van der Waals surface area contributed by atoms with Crippen LogP contribution in [-0.2, 0) is 16.3 Å². The van der Waals surface area contributed by atoms with Crippen molar-refractivity contribution in [1.29, 1.82) is 0 Å². The Kier molecular flexibility index (Phi) is 4.82. The summed E-state index contributed by atoms with van der Waals surface area (Å²) in [4.78, 5) is 6.81. The average molecular weight is 413 g/mol. The summed E-state index contributed by atoms with van der Waals surface area (Å²) in [5.41, 5.74) is 2.57. The zero-order valence-corrected chi connectivity index (χ0v) is 17.2. The van der Waals surface area contributed by atoms with Crippen LogP contribution < -0.4 is 4.90 Å². The highest BCUT2D eigenvalue weighted by molar-refractivity contribution is 7.72. The quantitative estimate of drug-likeness (QED) is 0.636. The van der Waals surface area contributed by atoms with Crippen LogP contribution in [0.3, 0.4) is 0 Å². The minimum Gasteiger partial charge on any atom is -0.386 e. The van der Waals surface area contributed by atoms with Gasteiger partial charge in [0.15, 0.2) is 15.8 Å². The highest BCUT2D eigenvalue weighted by atomic mass is 32.2. The molecule has 0 fully saturated rings. The highest BCUT2D eigenvalue weighted by Crippen LogP contribution is 2.42. The third-order valence-corrected chi connectivity index (χ3v) is 6.31. The molecule has 1 unspecified atom stereocenters. The zero-order valence-electron chi connectivity index (χ0n) is 15.4. The molecule has 5 nitrogen and oxygen atoms in total. The summed E-state index contributed by atoms with van der Waals surface area (Å²) in [7, 11) is -2.65. The number of anilines is 1. The van der Waals surface area contributed by atoms with Crippen molar-refractivity contribution in [3.05, 3.63) is 82.5 Å². The SMILES string of the molecule is CC(C)(O)c1ccccc1C1c2ccc([SH](=O)=O)cc2C=CN1c1nccs1. The lowest BCUT2D eigenvalue weighted by atomic mass is 9.84. The van der Waals surface area contributed by atoms with E-state index >= 15 is 0 Å². The number of fused-ring (bicyclic) bond motifs is 1. The maximum Gasteiger partial charge on any atom is 0.190 e. The molecule has 0 saturated carbocycles. The van der Waals surface area contributed by atoms with Gasteiger partial charge in [-0.2, -0.15) is 0 Å². The first-order chi connectivity index (χ1) is 13.4. The number of rotatable bonds is 4. The van der Waals surface area contributed by atoms with Crippen molar-refractivity contribution in [2.75, 3.05) is 4.90 Å². The van der Waals surface area contributed by atoms with Crippen LogP contribution in [0.5, 0.6) is 0 Å². The van der Waals surface area contributed by atoms with Gasteiger partial charge < -0.3 is 10.0 Å². The van der Waals surface area contributed by atoms with E-state index < -0.39 is 16.3 Å². The van der Waals surface area contributed by atoms with Crippen molar-refractivity contribution in [3.63, 3.8) is 0 Å². The van der Waals surface area contributed by atoms with E-state index in [-0.39, 0.29) is 10.9 Å². The van der Waals surface area contributed by atoms with E-state index in [1.807, 2.05) is 48.0 Å². The molecule has 1 aliphatic heterocycles. The Balaban J connectivity index is 1.96. The first kappa shape index (κ1) is 18.9. The van der Waals surface area contributed by atoms with Crippen LogP contribution in [0.1, 0.15) is 42.1 Å². The van der Waals surface area contributed by atoms with E-state index in [4.69, 9.17) is 0 Å². The lowest BCUT2D eigenvalue weighted by Crippen LogP contribution is -2.30. The van der Waals surface area contributed by atoms with Crippen molar-refractivity contribution in [2.45, 2.75) is 30.4 Å². The fourth-order valence-corrected chi connectivity index (χ4v) is 4.69. The standard InChI is InChI=1S/C21H20N2O3S2/c1-21(2,24)18-6-4-3-5-17(18)19-16-8-7-15(28(25)26)13-14(16)9-11-23(19)20-22-10-12-27-20/h3-13,19,24,28H,1-2H3. The lowest BCUT2D eigenvalue weighted by molar-refractivity contribution is 0.0774. The Bertz CT molecular complexity index is 1100. The Hall–Kier alpha value is -2.48. The molecule has 0 radical (unpaired) electrons. The molecule has 0 spiro atoms. The summed E-state index contributed by atoms with van der Waals surface area (Å²) in [6.07, 6.45) is 5.59. The molecule has 0 bridgehead atoms. The van der Waals surface area contributed by atoms with Gasteiger partial charge in [-0.15, -0.1) is 11.3 Å². The molecule has 2 aromatic carbocycles. The molecule has 144 valence electrons. The van der Waals surface area contributed by atoms with Crippen molar-refractivity contribution in [2.24, 2.45) is 0 Å². The van der Waals surface area contributed by atoms with Crippen LogP contribution in [-0.4, -0.2) is 18.5 Å². The maximum absolute atomic E-state index is 11.4. The largest absolute Gasteiger partial charge is 0.386 e. The minimum atomic E-state index is -2.65. The predicted molar refractivity (Wildman–Crippen MR) is 112 cm³/mol. The van der Waals surface area contributed by atoms with E-state index in [2.05, 4.69) is 9.88 Å². The summed E-state index contributed by atoms with van der Waals surface area (Å²) in [5, 5.41) is 13.5. The van der Waals surface area contributed by atoms with Gasteiger partial charge in [0.1, 0.15) is 0 Å². The Labute approximate surface area is 169 Å². The molecule has 4 rings (SSSR count).